The van der Waals surface area contributed by atoms with E-state index < -0.39 is 0 Å². The summed E-state index contributed by atoms with van der Waals surface area (Å²) in [6.45, 7) is 5.00. The maximum Gasteiger partial charge on any atom is 0.293 e. The van der Waals surface area contributed by atoms with E-state index >= 15 is 0 Å². The molecule has 5 nitrogen and oxygen atoms in total. The van der Waals surface area contributed by atoms with E-state index in [4.69, 9.17) is 9.47 Å². The molecule has 1 fully saturated rings. The third-order valence-corrected chi connectivity index (χ3v) is 5.75. The summed E-state index contributed by atoms with van der Waals surface area (Å²) in [5.74, 6) is 1.03. The Balaban J connectivity index is 1.87. The largest absolute Gasteiger partial charge is 0.490 e. The van der Waals surface area contributed by atoms with E-state index in [1.54, 1.807) is 13.0 Å². The van der Waals surface area contributed by atoms with Crippen molar-refractivity contribution in [3.63, 3.8) is 0 Å². The number of carbonyl (C=O) groups is 2. The van der Waals surface area contributed by atoms with Gasteiger partial charge in [0.15, 0.2) is 11.5 Å². The van der Waals surface area contributed by atoms with E-state index in [9.17, 15) is 9.59 Å². The average molecular weight is 509 g/mol. The molecule has 28 heavy (non-hydrogen) atoms. The van der Waals surface area contributed by atoms with Gasteiger partial charge < -0.3 is 9.47 Å². The predicted molar refractivity (Wildman–Crippen MR) is 119 cm³/mol. The lowest BCUT2D eigenvalue weighted by atomic mass is 10.1. The average Bonchev–Trinajstić information content (AvgIpc) is 2.94. The molecule has 1 heterocycles. The van der Waals surface area contributed by atoms with Crippen LogP contribution in [0.1, 0.15) is 25.0 Å². The van der Waals surface area contributed by atoms with Crippen LogP contribution in [-0.4, -0.2) is 29.2 Å². The van der Waals surface area contributed by atoms with Crippen LogP contribution in [0.5, 0.6) is 11.5 Å². The molecule has 2 amide bonds. The highest BCUT2D eigenvalue weighted by Gasteiger charge is 2.33. The monoisotopic (exact) mass is 509 g/mol. The second-order valence-electron chi connectivity index (χ2n) is 5.96. The van der Waals surface area contributed by atoms with Crippen molar-refractivity contribution in [2.75, 3.05) is 13.2 Å². The molecule has 2 aromatic carbocycles. The number of halogens is 1. The van der Waals surface area contributed by atoms with E-state index in [-0.39, 0.29) is 11.1 Å². The smallest absolute Gasteiger partial charge is 0.293 e. The number of hydrogen-bond donors (Lipinski definition) is 0. The van der Waals surface area contributed by atoms with Gasteiger partial charge in [0.2, 0.25) is 0 Å². The highest BCUT2D eigenvalue weighted by Crippen LogP contribution is 2.37. The van der Waals surface area contributed by atoms with Crippen molar-refractivity contribution in [1.29, 1.82) is 0 Å². The van der Waals surface area contributed by atoms with Crippen LogP contribution < -0.4 is 9.47 Å². The number of ether oxygens (including phenoxy) is 2. The van der Waals surface area contributed by atoms with Gasteiger partial charge in [-0.15, -0.1) is 0 Å². The van der Waals surface area contributed by atoms with Crippen LogP contribution in [0.15, 0.2) is 47.4 Å². The number of rotatable bonds is 7. The summed E-state index contributed by atoms with van der Waals surface area (Å²) in [5.41, 5.74) is 1.86. The molecule has 0 bridgehead atoms. The summed E-state index contributed by atoms with van der Waals surface area (Å²) in [5, 5.41) is -0.235. The van der Waals surface area contributed by atoms with Crippen LogP contribution in [0.25, 0.3) is 6.08 Å². The number of amides is 2. The van der Waals surface area contributed by atoms with Crippen LogP contribution in [0.3, 0.4) is 0 Å². The van der Waals surface area contributed by atoms with Gasteiger partial charge in [-0.25, -0.2) is 0 Å². The zero-order valence-corrected chi connectivity index (χ0v) is 18.6. The second kappa shape index (κ2) is 9.47. The van der Waals surface area contributed by atoms with Gasteiger partial charge in [0.05, 0.1) is 15.1 Å². The fraction of sp³-hybridized carbons (Fsp3) is 0.238. The molecular weight excluding hydrogens is 489 g/mol. The number of carbonyl (C=O) groups excluding carboxylic acids is 2. The molecule has 0 N–H and O–H groups in total. The molecule has 3 rings (SSSR count). The predicted octanol–water partition coefficient (Wildman–Crippen LogP) is 5.33. The summed E-state index contributed by atoms with van der Waals surface area (Å²) in [7, 11) is 0. The summed E-state index contributed by atoms with van der Waals surface area (Å²) in [6.07, 6.45) is 1.73. The van der Waals surface area contributed by atoms with Crippen molar-refractivity contribution >= 4 is 51.6 Å². The molecule has 1 aliphatic heterocycles. The standard InChI is InChI=1S/C21H20INO4S/c1-3-23-20(24)18(28-21(23)25)12-15-10-16(22)19(17(11-15)26-4-2)27-13-14-8-6-5-7-9-14/h5-12H,3-4,13H2,1-2H3/b18-12+. The first-order chi connectivity index (χ1) is 13.5. The minimum absolute atomic E-state index is 0.235. The Kier molecular flexibility index (Phi) is 7.01. The molecule has 1 aliphatic rings. The zero-order valence-electron chi connectivity index (χ0n) is 15.6. The van der Waals surface area contributed by atoms with E-state index in [0.29, 0.717) is 36.2 Å². The van der Waals surface area contributed by atoms with Gasteiger partial charge in [0.1, 0.15) is 6.61 Å². The van der Waals surface area contributed by atoms with Crippen molar-refractivity contribution in [1.82, 2.24) is 4.90 Å². The summed E-state index contributed by atoms with van der Waals surface area (Å²) >= 11 is 3.16. The summed E-state index contributed by atoms with van der Waals surface area (Å²) in [6, 6.07) is 13.7. The Labute approximate surface area is 182 Å². The quantitative estimate of drug-likeness (QED) is 0.374. The number of nitrogens with zero attached hydrogens (tertiary/aromatic N) is 1. The third kappa shape index (κ3) is 4.70. The number of benzene rings is 2. The molecule has 0 aliphatic carbocycles. The van der Waals surface area contributed by atoms with Crippen LogP contribution in [0.2, 0.25) is 0 Å². The van der Waals surface area contributed by atoms with E-state index in [0.717, 1.165) is 26.5 Å². The third-order valence-electron chi connectivity index (χ3n) is 4.05. The molecule has 7 heteroatoms. The molecule has 1 saturated heterocycles. The topological polar surface area (TPSA) is 55.8 Å². The van der Waals surface area contributed by atoms with Gasteiger partial charge in [-0.3, -0.25) is 14.5 Å². The normalized spacial score (nSPS) is 15.4. The van der Waals surface area contributed by atoms with Gasteiger partial charge in [-0.05, 0) is 77.5 Å². The first-order valence-electron chi connectivity index (χ1n) is 8.92. The minimum Gasteiger partial charge on any atom is -0.490 e. The maximum absolute atomic E-state index is 12.3. The summed E-state index contributed by atoms with van der Waals surface area (Å²) in [4.78, 5) is 25.9. The molecule has 0 spiro atoms. The van der Waals surface area contributed by atoms with E-state index in [1.165, 1.54) is 4.90 Å². The Morgan fingerprint density at radius 1 is 1.11 bits per heavy atom. The van der Waals surface area contributed by atoms with E-state index in [2.05, 4.69) is 22.6 Å². The number of likely N-dealkylation sites (N-methyl/N-ethyl adjacent to an activating group) is 1. The van der Waals surface area contributed by atoms with Crippen LogP contribution >= 0.6 is 34.4 Å². The number of imide groups is 1. The van der Waals surface area contributed by atoms with Crippen molar-refractivity contribution in [2.24, 2.45) is 0 Å². The van der Waals surface area contributed by atoms with Gasteiger partial charge >= 0.3 is 0 Å². The first-order valence-corrected chi connectivity index (χ1v) is 10.8. The number of thioether (sulfide) groups is 1. The van der Waals surface area contributed by atoms with Gasteiger partial charge in [-0.1, -0.05) is 30.3 Å². The Hall–Kier alpha value is -2.00. The Morgan fingerprint density at radius 3 is 2.50 bits per heavy atom. The van der Waals surface area contributed by atoms with Crippen molar-refractivity contribution < 1.29 is 19.1 Å². The number of hydrogen-bond acceptors (Lipinski definition) is 5. The lowest BCUT2D eigenvalue weighted by Crippen LogP contribution is -2.27. The van der Waals surface area contributed by atoms with Gasteiger partial charge in [0.25, 0.3) is 11.1 Å². The first kappa shape index (κ1) is 20.7. The van der Waals surface area contributed by atoms with Gasteiger partial charge in [-0.2, -0.15) is 0 Å². The highest BCUT2D eigenvalue weighted by molar-refractivity contribution is 14.1. The van der Waals surface area contributed by atoms with E-state index in [1.807, 2.05) is 49.4 Å². The van der Waals surface area contributed by atoms with Gasteiger partial charge in [0, 0.05) is 6.54 Å². The molecule has 0 atom stereocenters. The van der Waals surface area contributed by atoms with Crippen LogP contribution in [0.4, 0.5) is 4.79 Å². The molecule has 0 aromatic heterocycles. The molecule has 0 radical (unpaired) electrons. The highest BCUT2D eigenvalue weighted by atomic mass is 127. The lowest BCUT2D eigenvalue weighted by Gasteiger charge is -2.15. The SMILES string of the molecule is CCOc1cc(/C=C2/SC(=O)N(CC)C2=O)cc(I)c1OCc1ccccc1. The molecule has 0 saturated carbocycles. The zero-order chi connectivity index (χ0) is 20.1. The van der Waals surface area contributed by atoms with Crippen molar-refractivity contribution in [3.8, 4) is 11.5 Å². The second-order valence-corrected chi connectivity index (χ2v) is 8.12. The molecule has 0 unspecified atom stereocenters. The molecular formula is C21H20INO4S. The van der Waals surface area contributed by atoms with Crippen molar-refractivity contribution in [3.05, 3.63) is 62.1 Å². The molecule has 2 aromatic rings. The van der Waals surface area contributed by atoms with Crippen molar-refractivity contribution in [2.45, 2.75) is 20.5 Å². The molecule has 146 valence electrons. The summed E-state index contributed by atoms with van der Waals surface area (Å²) < 4.78 is 12.7. The lowest BCUT2D eigenvalue weighted by molar-refractivity contribution is -0.122. The fourth-order valence-electron chi connectivity index (χ4n) is 2.73. The van der Waals surface area contributed by atoms with Crippen LogP contribution in [-0.2, 0) is 11.4 Å². The van der Waals surface area contributed by atoms with Crippen LogP contribution in [0, 0.1) is 3.57 Å². The Morgan fingerprint density at radius 2 is 1.86 bits per heavy atom. The fourth-order valence-corrected chi connectivity index (χ4v) is 4.41. The Bertz CT molecular complexity index is 914. The minimum atomic E-state index is -0.255. The maximum atomic E-state index is 12.3.